The second kappa shape index (κ2) is 20.5. The molecular weight excluding hydrogens is 320 g/mol. The summed E-state index contributed by atoms with van der Waals surface area (Å²) in [6, 6.07) is 0.218. The molecule has 0 fully saturated rings. The SMILES string of the molecule is CCCCCCCCC=CCCCCCCCC(=O)NCCC(N)CC. The summed E-state index contributed by atoms with van der Waals surface area (Å²) in [6.45, 7) is 5.07. The van der Waals surface area contributed by atoms with E-state index in [2.05, 4.69) is 31.3 Å². The van der Waals surface area contributed by atoms with Crippen LogP contribution in [-0.4, -0.2) is 18.5 Å². The molecule has 0 aliphatic heterocycles. The summed E-state index contributed by atoms with van der Waals surface area (Å²) >= 11 is 0. The Morgan fingerprint density at radius 3 is 1.96 bits per heavy atom. The van der Waals surface area contributed by atoms with Gasteiger partial charge in [0.15, 0.2) is 0 Å². The Kier molecular flexibility index (Phi) is 19.8. The molecule has 3 N–H and O–H groups in total. The van der Waals surface area contributed by atoms with E-state index in [0.29, 0.717) is 6.42 Å². The molecule has 0 aliphatic carbocycles. The summed E-state index contributed by atoms with van der Waals surface area (Å²) in [4.78, 5) is 11.7. The lowest BCUT2D eigenvalue weighted by atomic mass is 10.1. The molecular formula is C23H46N2O. The number of carbonyl (C=O) groups excluding carboxylic acids is 1. The van der Waals surface area contributed by atoms with Gasteiger partial charge >= 0.3 is 0 Å². The van der Waals surface area contributed by atoms with E-state index in [1.807, 2.05) is 0 Å². The first-order chi connectivity index (χ1) is 12.7. The molecule has 0 bridgehead atoms. The van der Waals surface area contributed by atoms with E-state index in [0.717, 1.165) is 25.8 Å². The number of allylic oxidation sites excluding steroid dienone is 2. The number of hydrogen-bond donors (Lipinski definition) is 2. The van der Waals surface area contributed by atoms with Crippen molar-refractivity contribution in [3.05, 3.63) is 12.2 Å². The summed E-state index contributed by atoms with van der Waals surface area (Å²) in [5.74, 6) is 0.186. The highest BCUT2D eigenvalue weighted by molar-refractivity contribution is 5.75. The summed E-state index contributed by atoms with van der Waals surface area (Å²) in [5, 5.41) is 2.97. The van der Waals surface area contributed by atoms with E-state index in [-0.39, 0.29) is 11.9 Å². The average molecular weight is 367 g/mol. The molecule has 3 heteroatoms. The highest BCUT2D eigenvalue weighted by Crippen LogP contribution is 2.10. The molecule has 0 rings (SSSR count). The highest BCUT2D eigenvalue weighted by atomic mass is 16.1. The van der Waals surface area contributed by atoms with Gasteiger partial charge in [0.2, 0.25) is 5.91 Å². The van der Waals surface area contributed by atoms with Crippen LogP contribution in [0.3, 0.4) is 0 Å². The predicted molar refractivity (Wildman–Crippen MR) is 115 cm³/mol. The highest BCUT2D eigenvalue weighted by Gasteiger charge is 2.02. The quantitative estimate of drug-likeness (QED) is 0.209. The lowest BCUT2D eigenvalue weighted by Gasteiger charge is -2.09. The van der Waals surface area contributed by atoms with E-state index in [9.17, 15) is 4.79 Å². The molecule has 0 heterocycles. The third-order valence-electron chi connectivity index (χ3n) is 5.03. The fourth-order valence-electron chi connectivity index (χ4n) is 3.05. The largest absolute Gasteiger partial charge is 0.356 e. The van der Waals surface area contributed by atoms with Crippen molar-refractivity contribution in [3.8, 4) is 0 Å². The Morgan fingerprint density at radius 1 is 0.846 bits per heavy atom. The van der Waals surface area contributed by atoms with Gasteiger partial charge in [-0.3, -0.25) is 4.79 Å². The van der Waals surface area contributed by atoms with Crippen molar-refractivity contribution in [2.75, 3.05) is 6.54 Å². The van der Waals surface area contributed by atoms with Crippen molar-refractivity contribution in [3.63, 3.8) is 0 Å². The molecule has 1 amide bonds. The third kappa shape index (κ3) is 19.5. The van der Waals surface area contributed by atoms with Crippen LogP contribution in [0.4, 0.5) is 0 Å². The zero-order valence-corrected chi connectivity index (χ0v) is 17.7. The van der Waals surface area contributed by atoms with Crippen molar-refractivity contribution in [2.45, 2.75) is 123 Å². The molecule has 0 aromatic carbocycles. The van der Waals surface area contributed by atoms with Crippen molar-refractivity contribution in [1.82, 2.24) is 5.32 Å². The van der Waals surface area contributed by atoms with Gasteiger partial charge in [0.1, 0.15) is 0 Å². The van der Waals surface area contributed by atoms with Gasteiger partial charge in [-0.25, -0.2) is 0 Å². The van der Waals surface area contributed by atoms with Gasteiger partial charge in [0, 0.05) is 19.0 Å². The van der Waals surface area contributed by atoms with Crippen LogP contribution < -0.4 is 11.1 Å². The molecule has 0 spiro atoms. The molecule has 26 heavy (non-hydrogen) atoms. The number of carbonyl (C=O) groups is 1. The first-order valence-electron chi connectivity index (χ1n) is 11.4. The van der Waals surface area contributed by atoms with Crippen LogP contribution in [0, 0.1) is 0 Å². The molecule has 0 saturated carbocycles. The summed E-state index contributed by atoms with van der Waals surface area (Å²) in [5.41, 5.74) is 5.84. The number of amides is 1. The zero-order chi connectivity index (χ0) is 19.3. The fourth-order valence-corrected chi connectivity index (χ4v) is 3.05. The molecule has 0 aromatic heterocycles. The lowest BCUT2D eigenvalue weighted by molar-refractivity contribution is -0.121. The first-order valence-corrected chi connectivity index (χ1v) is 11.4. The maximum absolute atomic E-state index is 11.7. The number of nitrogens with one attached hydrogen (secondary N) is 1. The molecule has 3 nitrogen and oxygen atoms in total. The average Bonchev–Trinajstić information content (AvgIpc) is 2.64. The van der Waals surface area contributed by atoms with Gasteiger partial charge in [-0.1, -0.05) is 77.4 Å². The minimum absolute atomic E-state index is 0.186. The van der Waals surface area contributed by atoms with E-state index in [1.54, 1.807) is 0 Å². The van der Waals surface area contributed by atoms with Crippen molar-refractivity contribution < 1.29 is 4.79 Å². The van der Waals surface area contributed by atoms with Gasteiger partial charge in [0.05, 0.1) is 0 Å². The smallest absolute Gasteiger partial charge is 0.219 e. The van der Waals surface area contributed by atoms with Gasteiger partial charge in [-0.15, -0.1) is 0 Å². The van der Waals surface area contributed by atoms with Crippen molar-refractivity contribution >= 4 is 5.91 Å². The van der Waals surface area contributed by atoms with Gasteiger partial charge < -0.3 is 11.1 Å². The summed E-state index contributed by atoms with van der Waals surface area (Å²) < 4.78 is 0. The Bertz CT molecular complexity index is 328. The molecule has 0 aliphatic rings. The maximum Gasteiger partial charge on any atom is 0.219 e. The van der Waals surface area contributed by atoms with E-state index in [1.165, 1.54) is 77.0 Å². The van der Waals surface area contributed by atoms with Gasteiger partial charge in [-0.05, 0) is 44.9 Å². The van der Waals surface area contributed by atoms with Crippen molar-refractivity contribution in [1.29, 1.82) is 0 Å². The normalized spacial score (nSPS) is 12.6. The second-order valence-corrected chi connectivity index (χ2v) is 7.64. The Labute approximate surface area is 163 Å². The lowest BCUT2D eigenvalue weighted by Crippen LogP contribution is -2.29. The topological polar surface area (TPSA) is 55.1 Å². The van der Waals surface area contributed by atoms with Gasteiger partial charge in [-0.2, -0.15) is 0 Å². The van der Waals surface area contributed by atoms with Crippen LogP contribution in [0.5, 0.6) is 0 Å². The van der Waals surface area contributed by atoms with Crippen LogP contribution in [0.15, 0.2) is 12.2 Å². The monoisotopic (exact) mass is 366 g/mol. The number of unbranched alkanes of at least 4 members (excludes halogenated alkanes) is 11. The Morgan fingerprint density at radius 2 is 1.38 bits per heavy atom. The molecule has 0 saturated heterocycles. The van der Waals surface area contributed by atoms with Crippen molar-refractivity contribution in [2.24, 2.45) is 5.73 Å². The Hall–Kier alpha value is -0.830. The minimum atomic E-state index is 0.186. The van der Waals surface area contributed by atoms with Crippen LogP contribution in [0.2, 0.25) is 0 Å². The zero-order valence-electron chi connectivity index (χ0n) is 17.7. The molecule has 0 radical (unpaired) electrons. The van der Waals surface area contributed by atoms with Crippen LogP contribution >= 0.6 is 0 Å². The number of nitrogens with two attached hydrogens (primary N) is 1. The van der Waals surface area contributed by atoms with E-state index >= 15 is 0 Å². The molecule has 0 aromatic rings. The second-order valence-electron chi connectivity index (χ2n) is 7.64. The predicted octanol–water partition coefficient (Wildman–Crippen LogP) is 6.27. The minimum Gasteiger partial charge on any atom is -0.356 e. The summed E-state index contributed by atoms with van der Waals surface area (Å²) in [6.07, 6.45) is 24.0. The van der Waals surface area contributed by atoms with E-state index < -0.39 is 0 Å². The van der Waals surface area contributed by atoms with Gasteiger partial charge in [0.25, 0.3) is 0 Å². The van der Waals surface area contributed by atoms with Crippen LogP contribution in [0.1, 0.15) is 117 Å². The standard InChI is InChI=1S/C23H46N2O/c1-3-5-6-7-8-9-10-11-12-13-14-15-16-17-18-19-23(26)25-21-20-22(24)4-2/h11-12,22H,3-10,13-21,24H2,1-2H3,(H,25,26). The Balaban J connectivity index is 3.23. The maximum atomic E-state index is 11.7. The van der Waals surface area contributed by atoms with Crippen LogP contribution in [0.25, 0.3) is 0 Å². The molecule has 1 atom stereocenters. The van der Waals surface area contributed by atoms with Crippen LogP contribution in [-0.2, 0) is 4.79 Å². The first kappa shape index (κ1) is 25.2. The number of rotatable bonds is 19. The number of hydrogen-bond acceptors (Lipinski definition) is 2. The van der Waals surface area contributed by atoms with E-state index in [4.69, 9.17) is 5.73 Å². The third-order valence-corrected chi connectivity index (χ3v) is 5.03. The molecule has 1 unspecified atom stereocenters. The molecule has 154 valence electrons. The fraction of sp³-hybridized carbons (Fsp3) is 0.870. The summed E-state index contributed by atoms with van der Waals surface area (Å²) in [7, 11) is 0.